The molecule has 0 aliphatic heterocycles. The number of tetrazole rings is 1. The number of carbonyl (C=O) groups is 2. The molecule has 0 atom stereocenters. The Kier molecular flexibility index (Phi) is 5.24. The molecule has 1 amide bonds. The molecule has 0 unspecified atom stereocenters. The minimum absolute atomic E-state index is 0.106. The average molecular weight is 357 g/mol. The van der Waals surface area contributed by atoms with Crippen LogP contribution in [0.25, 0.3) is 0 Å². The van der Waals surface area contributed by atoms with Crippen LogP contribution in [0.3, 0.4) is 0 Å². The summed E-state index contributed by atoms with van der Waals surface area (Å²) >= 11 is 1.21. The van der Waals surface area contributed by atoms with E-state index < -0.39 is 0 Å². The fourth-order valence-corrected chi connectivity index (χ4v) is 2.84. The SMILES string of the molecule is CC(=O)c1ccccc1NC(=O)CSc1nnnn1Cc1ccco1. The highest BCUT2D eigenvalue weighted by molar-refractivity contribution is 7.99. The van der Waals surface area contributed by atoms with E-state index in [1.807, 2.05) is 6.07 Å². The molecule has 1 aromatic carbocycles. The van der Waals surface area contributed by atoms with Crippen LogP contribution >= 0.6 is 11.8 Å². The summed E-state index contributed by atoms with van der Waals surface area (Å²) in [5, 5.41) is 14.7. The quantitative estimate of drug-likeness (QED) is 0.511. The number of furan rings is 1. The summed E-state index contributed by atoms with van der Waals surface area (Å²) in [5.41, 5.74) is 0.972. The zero-order valence-corrected chi connectivity index (χ0v) is 14.2. The molecule has 0 bridgehead atoms. The standard InChI is InChI=1S/C16H15N5O3S/c1-11(22)13-6-2-3-7-14(13)17-15(23)10-25-16-18-19-20-21(16)9-12-5-4-8-24-12/h2-8H,9-10H2,1H3,(H,17,23). The van der Waals surface area contributed by atoms with Crippen molar-refractivity contribution in [1.82, 2.24) is 20.2 Å². The number of aromatic nitrogens is 4. The zero-order chi connectivity index (χ0) is 17.6. The third kappa shape index (κ3) is 4.32. The van der Waals surface area contributed by atoms with Gasteiger partial charge in [-0.25, -0.2) is 4.68 Å². The number of hydrogen-bond donors (Lipinski definition) is 1. The van der Waals surface area contributed by atoms with E-state index in [0.717, 1.165) is 0 Å². The first-order chi connectivity index (χ1) is 12.1. The van der Waals surface area contributed by atoms with Gasteiger partial charge >= 0.3 is 0 Å². The van der Waals surface area contributed by atoms with Crippen LogP contribution in [-0.2, 0) is 11.3 Å². The molecule has 1 N–H and O–H groups in total. The molecule has 2 aromatic heterocycles. The number of anilines is 1. The predicted octanol–water partition coefficient (Wildman–Crippen LogP) is 2.25. The molecular formula is C16H15N5O3S. The van der Waals surface area contributed by atoms with Gasteiger partial charge in [-0.05, 0) is 41.6 Å². The van der Waals surface area contributed by atoms with Crippen molar-refractivity contribution in [3.8, 4) is 0 Å². The highest BCUT2D eigenvalue weighted by Gasteiger charge is 2.13. The van der Waals surface area contributed by atoms with E-state index >= 15 is 0 Å². The van der Waals surface area contributed by atoms with Crippen molar-refractivity contribution in [2.75, 3.05) is 11.1 Å². The fourth-order valence-electron chi connectivity index (χ4n) is 2.16. The maximum atomic E-state index is 12.2. The second kappa shape index (κ2) is 7.75. The van der Waals surface area contributed by atoms with Crippen LogP contribution in [0.2, 0.25) is 0 Å². The van der Waals surface area contributed by atoms with Gasteiger partial charge in [0.25, 0.3) is 0 Å². The van der Waals surface area contributed by atoms with E-state index in [1.54, 1.807) is 41.3 Å². The molecule has 0 aliphatic carbocycles. The molecule has 0 radical (unpaired) electrons. The van der Waals surface area contributed by atoms with Crippen LogP contribution < -0.4 is 5.32 Å². The summed E-state index contributed by atoms with van der Waals surface area (Å²) in [4.78, 5) is 23.8. The van der Waals surface area contributed by atoms with Crippen molar-refractivity contribution in [3.63, 3.8) is 0 Å². The van der Waals surface area contributed by atoms with Gasteiger partial charge in [0.2, 0.25) is 11.1 Å². The molecule has 25 heavy (non-hydrogen) atoms. The Morgan fingerprint density at radius 2 is 2.08 bits per heavy atom. The molecule has 8 nitrogen and oxygen atoms in total. The molecule has 0 aliphatic rings. The summed E-state index contributed by atoms with van der Waals surface area (Å²) in [5.74, 6) is 0.483. The van der Waals surface area contributed by atoms with Crippen molar-refractivity contribution < 1.29 is 14.0 Å². The van der Waals surface area contributed by atoms with Crippen LogP contribution in [-0.4, -0.2) is 37.7 Å². The molecule has 0 spiro atoms. The molecule has 3 rings (SSSR count). The summed E-state index contributed by atoms with van der Waals surface area (Å²) < 4.78 is 6.82. The third-order valence-electron chi connectivity index (χ3n) is 3.30. The molecule has 128 valence electrons. The molecule has 3 aromatic rings. The average Bonchev–Trinajstić information content (AvgIpc) is 3.26. The number of thioether (sulfide) groups is 1. The van der Waals surface area contributed by atoms with E-state index in [1.165, 1.54) is 18.7 Å². The number of para-hydroxylation sites is 1. The number of hydrogen-bond acceptors (Lipinski definition) is 7. The molecule has 0 saturated heterocycles. The summed E-state index contributed by atoms with van der Waals surface area (Å²) in [7, 11) is 0. The molecule has 9 heteroatoms. The van der Waals surface area contributed by atoms with Crippen LogP contribution in [0.5, 0.6) is 0 Å². The van der Waals surface area contributed by atoms with E-state index in [-0.39, 0.29) is 17.4 Å². The van der Waals surface area contributed by atoms with E-state index in [2.05, 4.69) is 20.8 Å². The number of rotatable bonds is 7. The maximum absolute atomic E-state index is 12.2. The Hall–Kier alpha value is -2.94. The first-order valence-corrected chi connectivity index (χ1v) is 8.43. The lowest BCUT2D eigenvalue weighted by Gasteiger charge is -2.08. The highest BCUT2D eigenvalue weighted by atomic mass is 32.2. The Labute approximate surface area is 147 Å². The Bertz CT molecular complexity index is 876. The van der Waals surface area contributed by atoms with Gasteiger partial charge in [0.1, 0.15) is 12.3 Å². The van der Waals surface area contributed by atoms with Gasteiger partial charge in [-0.3, -0.25) is 9.59 Å². The van der Waals surface area contributed by atoms with Crippen molar-refractivity contribution in [1.29, 1.82) is 0 Å². The number of amides is 1. The number of nitrogens with one attached hydrogen (secondary N) is 1. The number of carbonyl (C=O) groups excluding carboxylic acids is 2. The van der Waals surface area contributed by atoms with Crippen molar-refractivity contribution >= 4 is 29.1 Å². The van der Waals surface area contributed by atoms with Gasteiger partial charge in [0, 0.05) is 5.56 Å². The largest absolute Gasteiger partial charge is 0.467 e. The minimum atomic E-state index is -0.244. The number of nitrogens with zero attached hydrogens (tertiary/aromatic N) is 4. The van der Waals surface area contributed by atoms with Gasteiger partial charge in [0.05, 0.1) is 17.7 Å². The summed E-state index contributed by atoms with van der Waals surface area (Å²) in [6.07, 6.45) is 1.58. The van der Waals surface area contributed by atoms with Crippen molar-refractivity contribution in [2.45, 2.75) is 18.6 Å². The van der Waals surface area contributed by atoms with Crippen LogP contribution in [0, 0.1) is 0 Å². The zero-order valence-electron chi connectivity index (χ0n) is 13.4. The lowest BCUT2D eigenvalue weighted by molar-refractivity contribution is -0.113. The monoisotopic (exact) mass is 357 g/mol. The van der Waals surface area contributed by atoms with Crippen molar-refractivity contribution in [3.05, 3.63) is 54.0 Å². The van der Waals surface area contributed by atoms with Gasteiger partial charge in [0.15, 0.2) is 5.78 Å². The number of ketones is 1. The summed E-state index contributed by atoms with van der Waals surface area (Å²) in [6.45, 7) is 1.85. The summed E-state index contributed by atoms with van der Waals surface area (Å²) in [6, 6.07) is 10.5. The van der Waals surface area contributed by atoms with Crippen molar-refractivity contribution in [2.24, 2.45) is 0 Å². The van der Waals surface area contributed by atoms with Crippen LogP contribution in [0.1, 0.15) is 23.0 Å². The Balaban J connectivity index is 1.60. The van der Waals surface area contributed by atoms with Crippen LogP contribution in [0.4, 0.5) is 5.69 Å². The van der Waals surface area contributed by atoms with E-state index in [0.29, 0.717) is 28.7 Å². The number of benzene rings is 1. The Morgan fingerprint density at radius 3 is 2.84 bits per heavy atom. The first kappa shape index (κ1) is 16.9. The van der Waals surface area contributed by atoms with Gasteiger partial charge in [-0.2, -0.15) is 0 Å². The molecule has 0 saturated carbocycles. The lowest BCUT2D eigenvalue weighted by Crippen LogP contribution is -2.16. The smallest absolute Gasteiger partial charge is 0.234 e. The maximum Gasteiger partial charge on any atom is 0.234 e. The van der Waals surface area contributed by atoms with Crippen LogP contribution in [0.15, 0.2) is 52.2 Å². The number of Topliss-reactive ketones (excluding diaryl/α,β-unsaturated/α-hetero) is 1. The third-order valence-corrected chi connectivity index (χ3v) is 4.25. The topological polar surface area (TPSA) is 103 Å². The molecular weight excluding hydrogens is 342 g/mol. The van der Waals surface area contributed by atoms with Gasteiger partial charge < -0.3 is 9.73 Å². The predicted molar refractivity (Wildman–Crippen MR) is 91.4 cm³/mol. The molecule has 2 heterocycles. The highest BCUT2D eigenvalue weighted by Crippen LogP contribution is 2.18. The van der Waals surface area contributed by atoms with E-state index in [4.69, 9.17) is 4.42 Å². The first-order valence-electron chi connectivity index (χ1n) is 7.44. The fraction of sp³-hybridized carbons (Fsp3) is 0.188. The minimum Gasteiger partial charge on any atom is -0.467 e. The van der Waals surface area contributed by atoms with Gasteiger partial charge in [-0.1, -0.05) is 23.9 Å². The lowest BCUT2D eigenvalue weighted by atomic mass is 10.1. The second-order valence-corrected chi connectivity index (χ2v) is 6.08. The normalized spacial score (nSPS) is 10.6. The molecule has 0 fully saturated rings. The second-order valence-electron chi connectivity index (χ2n) is 5.14. The van der Waals surface area contributed by atoms with E-state index in [9.17, 15) is 9.59 Å². The Morgan fingerprint density at radius 1 is 1.24 bits per heavy atom. The van der Waals surface area contributed by atoms with Gasteiger partial charge in [-0.15, -0.1) is 5.10 Å².